The van der Waals surface area contributed by atoms with Crippen LogP contribution in [-0.2, 0) is 6.42 Å². The molecule has 0 amide bonds. The Bertz CT molecular complexity index is 2990. The highest BCUT2D eigenvalue weighted by Gasteiger charge is 2.21. The van der Waals surface area contributed by atoms with Crippen molar-refractivity contribution in [2.75, 3.05) is 0 Å². The third-order valence-electron chi connectivity index (χ3n) is 10.5. The summed E-state index contributed by atoms with van der Waals surface area (Å²) in [6, 6.07) is 54.2. The fourth-order valence-electron chi connectivity index (χ4n) is 8.09. The summed E-state index contributed by atoms with van der Waals surface area (Å²) in [6.07, 6.45) is 4.69. The van der Waals surface area contributed by atoms with Crippen LogP contribution in [0.25, 0.3) is 88.8 Å². The Morgan fingerprint density at radius 2 is 1.04 bits per heavy atom. The van der Waals surface area contributed by atoms with Crippen molar-refractivity contribution in [1.82, 2.24) is 24.1 Å². The van der Waals surface area contributed by atoms with Crippen molar-refractivity contribution in [2.45, 2.75) is 6.42 Å². The zero-order chi connectivity index (χ0) is 33.5. The largest absolute Gasteiger partial charge is 0.309 e. The minimum absolute atomic E-state index is 0.705. The van der Waals surface area contributed by atoms with E-state index in [1.807, 2.05) is 12.4 Å². The summed E-state index contributed by atoms with van der Waals surface area (Å²) in [5, 5.41) is 4.89. The van der Waals surface area contributed by atoms with Gasteiger partial charge in [0.05, 0.1) is 27.8 Å². The number of fused-ring (bicyclic) bond motifs is 9. The van der Waals surface area contributed by atoms with Crippen LogP contribution in [0.5, 0.6) is 0 Å². The van der Waals surface area contributed by atoms with E-state index in [4.69, 9.17) is 15.0 Å². The Balaban J connectivity index is 0.999. The quantitative estimate of drug-likeness (QED) is 0.190. The average molecular weight is 652 g/mol. The van der Waals surface area contributed by atoms with Crippen LogP contribution in [0.4, 0.5) is 0 Å². The van der Waals surface area contributed by atoms with Crippen LogP contribution in [-0.4, -0.2) is 24.1 Å². The zero-order valence-electron chi connectivity index (χ0n) is 27.5. The van der Waals surface area contributed by atoms with Gasteiger partial charge in [0.15, 0.2) is 5.82 Å². The van der Waals surface area contributed by atoms with Crippen molar-refractivity contribution in [1.29, 1.82) is 0 Å². The van der Waals surface area contributed by atoms with Crippen molar-refractivity contribution in [2.24, 2.45) is 0 Å². The Kier molecular flexibility index (Phi) is 5.95. The van der Waals surface area contributed by atoms with Crippen molar-refractivity contribution in [3.8, 4) is 45.1 Å². The van der Waals surface area contributed by atoms with Gasteiger partial charge in [-0.25, -0.2) is 15.0 Å². The van der Waals surface area contributed by atoms with Gasteiger partial charge in [-0.05, 0) is 82.9 Å². The summed E-state index contributed by atoms with van der Waals surface area (Å²) in [5.41, 5.74) is 13.8. The van der Waals surface area contributed by atoms with Crippen LogP contribution in [0.3, 0.4) is 0 Å². The van der Waals surface area contributed by atoms with Gasteiger partial charge in [-0.2, -0.15) is 0 Å². The molecule has 6 aromatic carbocycles. The van der Waals surface area contributed by atoms with Crippen LogP contribution in [0.1, 0.15) is 11.3 Å². The van der Waals surface area contributed by atoms with Gasteiger partial charge in [0, 0.05) is 57.2 Å². The van der Waals surface area contributed by atoms with Crippen LogP contribution in [0.15, 0.2) is 164 Å². The van der Waals surface area contributed by atoms with Crippen LogP contribution in [0.2, 0.25) is 0 Å². The molecule has 1 aliphatic rings. The van der Waals surface area contributed by atoms with Gasteiger partial charge in [-0.1, -0.05) is 91.0 Å². The lowest BCUT2D eigenvalue weighted by Gasteiger charge is -2.09. The van der Waals surface area contributed by atoms with E-state index in [1.54, 1.807) is 0 Å². The van der Waals surface area contributed by atoms with Crippen LogP contribution in [0, 0.1) is 0 Å². The molecule has 0 radical (unpaired) electrons. The standard InChI is InChI=1S/C46H29N5/c1-2-11-33(12-3-1)50-41-16-8-6-14-35(41)37-24-29(18-21-43(37)50)30-19-22-44-38(25-30)36-15-7-9-17-42(36)51(44)45-23-20-32(27-47-45)46-48-28-39-34-13-5-4-10-31(34)26-40(39)49-46/h1-25,27-28H,26H2. The minimum Gasteiger partial charge on any atom is -0.309 e. The lowest BCUT2D eigenvalue weighted by molar-refractivity contribution is 1.05. The van der Waals surface area contributed by atoms with E-state index in [0.29, 0.717) is 5.82 Å². The number of pyridine rings is 1. The van der Waals surface area contributed by atoms with E-state index in [2.05, 4.69) is 161 Å². The number of benzene rings is 6. The van der Waals surface area contributed by atoms with Gasteiger partial charge >= 0.3 is 0 Å². The maximum atomic E-state index is 4.98. The van der Waals surface area contributed by atoms with Gasteiger partial charge in [0.25, 0.3) is 0 Å². The van der Waals surface area contributed by atoms with E-state index in [9.17, 15) is 0 Å². The van der Waals surface area contributed by atoms with Gasteiger partial charge in [-0.15, -0.1) is 0 Å². The van der Waals surface area contributed by atoms with Crippen molar-refractivity contribution in [3.63, 3.8) is 0 Å². The Hall–Kier alpha value is -6.85. The van der Waals surface area contributed by atoms with Gasteiger partial charge in [-0.3, -0.25) is 4.57 Å². The second-order valence-electron chi connectivity index (χ2n) is 13.3. The number of rotatable bonds is 4. The molecule has 0 fully saturated rings. The van der Waals surface area contributed by atoms with Crippen molar-refractivity contribution < 1.29 is 0 Å². The number of nitrogens with zero attached hydrogens (tertiary/aromatic N) is 5. The second-order valence-corrected chi connectivity index (χ2v) is 13.3. The third-order valence-corrected chi connectivity index (χ3v) is 10.5. The SMILES string of the molecule is c1ccc(-n2c3ccccc3c3cc(-c4ccc5c(c4)c4ccccc4n5-c4ccc(-c5ncc6c(n5)Cc5ccccc5-6)cn4)ccc32)cc1. The molecule has 51 heavy (non-hydrogen) atoms. The van der Waals surface area contributed by atoms with E-state index >= 15 is 0 Å². The molecule has 0 aliphatic heterocycles. The molecule has 4 heterocycles. The first-order valence-electron chi connectivity index (χ1n) is 17.3. The van der Waals surface area contributed by atoms with Gasteiger partial charge < -0.3 is 4.57 Å². The highest BCUT2D eigenvalue weighted by Crippen LogP contribution is 2.39. The molecule has 1 aliphatic carbocycles. The Morgan fingerprint density at radius 3 is 1.76 bits per heavy atom. The molecule has 11 rings (SSSR count). The highest BCUT2D eigenvalue weighted by molar-refractivity contribution is 6.12. The summed E-state index contributed by atoms with van der Waals surface area (Å²) in [7, 11) is 0. The zero-order valence-corrected chi connectivity index (χ0v) is 27.5. The molecule has 0 unspecified atom stereocenters. The number of para-hydroxylation sites is 3. The molecule has 5 nitrogen and oxygen atoms in total. The highest BCUT2D eigenvalue weighted by atomic mass is 15.1. The van der Waals surface area contributed by atoms with Crippen LogP contribution < -0.4 is 0 Å². The summed E-state index contributed by atoms with van der Waals surface area (Å²) in [5.74, 6) is 1.57. The van der Waals surface area contributed by atoms with Crippen molar-refractivity contribution in [3.05, 3.63) is 175 Å². The molecular weight excluding hydrogens is 623 g/mol. The monoisotopic (exact) mass is 651 g/mol. The normalized spacial score (nSPS) is 12.2. The minimum atomic E-state index is 0.705. The first-order valence-corrected chi connectivity index (χ1v) is 17.3. The fourth-order valence-corrected chi connectivity index (χ4v) is 8.09. The third kappa shape index (κ3) is 4.25. The maximum Gasteiger partial charge on any atom is 0.160 e. The summed E-state index contributed by atoms with van der Waals surface area (Å²) >= 11 is 0. The molecule has 238 valence electrons. The topological polar surface area (TPSA) is 48.5 Å². The lowest BCUT2D eigenvalue weighted by Crippen LogP contribution is -1.99. The number of hydrogen-bond acceptors (Lipinski definition) is 3. The summed E-state index contributed by atoms with van der Waals surface area (Å²) < 4.78 is 4.62. The van der Waals surface area contributed by atoms with Gasteiger partial charge in [0.2, 0.25) is 0 Å². The smallest absolute Gasteiger partial charge is 0.160 e. The maximum absolute atomic E-state index is 4.98. The van der Waals surface area contributed by atoms with E-state index in [0.717, 1.165) is 45.8 Å². The van der Waals surface area contributed by atoms with Crippen molar-refractivity contribution >= 4 is 43.6 Å². The average Bonchev–Trinajstić information content (AvgIpc) is 3.85. The molecule has 0 bridgehead atoms. The van der Waals surface area contributed by atoms with E-state index < -0.39 is 0 Å². The van der Waals surface area contributed by atoms with Gasteiger partial charge in [0.1, 0.15) is 5.82 Å². The molecular formula is C46H29N5. The molecule has 0 N–H and O–H groups in total. The molecule has 0 atom stereocenters. The first kappa shape index (κ1) is 28.0. The Labute approximate surface area is 293 Å². The molecule has 0 spiro atoms. The molecule has 10 aromatic rings. The second kappa shape index (κ2) is 10.8. The first-order chi connectivity index (χ1) is 25.3. The molecule has 0 saturated heterocycles. The number of hydrogen-bond donors (Lipinski definition) is 0. The van der Waals surface area contributed by atoms with Crippen LogP contribution >= 0.6 is 0 Å². The summed E-state index contributed by atoms with van der Waals surface area (Å²) in [6.45, 7) is 0. The fraction of sp³-hybridized carbons (Fsp3) is 0.0217. The predicted molar refractivity (Wildman–Crippen MR) is 208 cm³/mol. The number of aromatic nitrogens is 5. The molecule has 4 aromatic heterocycles. The summed E-state index contributed by atoms with van der Waals surface area (Å²) in [4.78, 5) is 14.7. The predicted octanol–water partition coefficient (Wildman–Crippen LogP) is 11.0. The lowest BCUT2D eigenvalue weighted by atomic mass is 10.0. The Morgan fingerprint density at radius 1 is 0.431 bits per heavy atom. The molecule has 0 saturated carbocycles. The van der Waals surface area contributed by atoms with E-state index in [1.165, 1.54) is 54.8 Å². The van der Waals surface area contributed by atoms with E-state index in [-0.39, 0.29) is 0 Å². The molecule has 5 heteroatoms.